The Hall–Kier alpha value is -3.77. The molecule has 1 saturated heterocycles. The van der Waals surface area contributed by atoms with E-state index in [0.717, 1.165) is 13.1 Å². The maximum Gasteiger partial charge on any atom is 0.255 e. The van der Waals surface area contributed by atoms with Crippen molar-refractivity contribution in [3.63, 3.8) is 0 Å². The minimum atomic E-state index is -3.76. The third-order valence-corrected chi connectivity index (χ3v) is 8.72. The van der Waals surface area contributed by atoms with Crippen LogP contribution in [0, 0.1) is 0 Å². The minimum Gasteiger partial charge on any atom is -0.494 e. The second-order valence-electron chi connectivity index (χ2n) is 9.19. The Morgan fingerprint density at radius 2 is 1.92 bits per heavy atom. The zero-order chi connectivity index (χ0) is 26.9. The van der Waals surface area contributed by atoms with Gasteiger partial charge in [-0.15, -0.1) is 19.0 Å². The molecule has 0 aliphatic carbocycles. The quantitative estimate of drug-likeness (QED) is 0.289. The Labute approximate surface area is 232 Å². The van der Waals surface area contributed by atoms with Gasteiger partial charge < -0.3 is 20.3 Å². The average molecular weight is 569 g/mol. The number of amides is 1. The standard InChI is InChI=1S/C27H28N6O4S.ClH/c1-3-24(33-13-11-32(2)12-14-33)38(36,37)20-7-9-23(29-17-20)25-21-15-18(6-8-22(21)31-27(25)35)26(34)30-19-5-4-10-28-16-19;/h3-10,15-17,24,31,35H,1,11-14H2,2H3,(H,30,34);1H. The molecular formula is C27H29ClN6O4S. The van der Waals surface area contributed by atoms with Crippen LogP contribution < -0.4 is 5.32 Å². The number of carbonyl (C=O) groups excluding carboxylic acids is 1. The van der Waals surface area contributed by atoms with Crippen LogP contribution >= 0.6 is 12.4 Å². The second kappa shape index (κ2) is 11.5. The first-order valence-electron chi connectivity index (χ1n) is 12.1. The predicted octanol–water partition coefficient (Wildman–Crippen LogP) is 3.54. The molecule has 1 fully saturated rings. The fourth-order valence-electron chi connectivity index (χ4n) is 4.60. The first-order chi connectivity index (χ1) is 18.3. The summed E-state index contributed by atoms with van der Waals surface area (Å²) in [5.41, 5.74) is 2.28. The van der Waals surface area contributed by atoms with E-state index in [1.165, 1.54) is 18.3 Å². The summed E-state index contributed by atoms with van der Waals surface area (Å²) in [5.74, 6) is -0.463. The zero-order valence-electron chi connectivity index (χ0n) is 21.2. The molecule has 3 N–H and O–H groups in total. The second-order valence-corrected chi connectivity index (χ2v) is 11.2. The van der Waals surface area contributed by atoms with Crippen LogP contribution in [-0.2, 0) is 9.84 Å². The SMILES string of the molecule is C=CC(N1CCN(C)CC1)S(=O)(=O)c1ccc(-c2c(O)[nH]c3ccc(C(=O)Nc4cccnc4)cc23)nc1.Cl. The average Bonchev–Trinajstić information content (AvgIpc) is 3.25. The number of anilines is 1. The van der Waals surface area contributed by atoms with Gasteiger partial charge in [-0.05, 0) is 49.5 Å². The number of piperazine rings is 1. The monoisotopic (exact) mass is 568 g/mol. The van der Waals surface area contributed by atoms with Crippen LogP contribution in [0.4, 0.5) is 5.69 Å². The molecule has 1 atom stereocenters. The highest BCUT2D eigenvalue weighted by atomic mass is 35.5. The van der Waals surface area contributed by atoms with E-state index in [-0.39, 0.29) is 29.1 Å². The summed E-state index contributed by atoms with van der Waals surface area (Å²) in [6.07, 6.45) is 5.92. The predicted molar refractivity (Wildman–Crippen MR) is 153 cm³/mol. The number of rotatable bonds is 7. The van der Waals surface area contributed by atoms with Gasteiger partial charge in [0.25, 0.3) is 5.91 Å². The molecule has 10 nitrogen and oxygen atoms in total. The highest BCUT2D eigenvalue weighted by Gasteiger charge is 2.32. The molecule has 1 aromatic carbocycles. The van der Waals surface area contributed by atoms with Crippen molar-refractivity contribution in [1.29, 1.82) is 0 Å². The molecule has 39 heavy (non-hydrogen) atoms. The zero-order valence-corrected chi connectivity index (χ0v) is 22.9. The van der Waals surface area contributed by atoms with Crippen LogP contribution in [0.2, 0.25) is 0 Å². The number of halogens is 1. The van der Waals surface area contributed by atoms with E-state index >= 15 is 0 Å². The molecule has 0 radical (unpaired) electrons. The maximum absolute atomic E-state index is 13.4. The molecular weight excluding hydrogens is 540 g/mol. The molecule has 1 aliphatic heterocycles. The van der Waals surface area contributed by atoms with Gasteiger partial charge in [0, 0.05) is 55.0 Å². The normalized spacial score (nSPS) is 15.4. The highest BCUT2D eigenvalue weighted by Crippen LogP contribution is 2.36. The smallest absolute Gasteiger partial charge is 0.255 e. The van der Waals surface area contributed by atoms with E-state index in [2.05, 4.69) is 31.7 Å². The van der Waals surface area contributed by atoms with Crippen molar-refractivity contribution in [2.24, 2.45) is 0 Å². The number of benzene rings is 1. The van der Waals surface area contributed by atoms with Gasteiger partial charge >= 0.3 is 0 Å². The van der Waals surface area contributed by atoms with Gasteiger partial charge in [-0.2, -0.15) is 0 Å². The maximum atomic E-state index is 13.4. The lowest BCUT2D eigenvalue weighted by molar-refractivity contribution is 0.102. The summed E-state index contributed by atoms with van der Waals surface area (Å²) in [4.78, 5) is 28.2. The van der Waals surface area contributed by atoms with Crippen molar-refractivity contribution < 1.29 is 18.3 Å². The van der Waals surface area contributed by atoms with Gasteiger partial charge in [0.1, 0.15) is 5.37 Å². The number of nitrogens with zero attached hydrogens (tertiary/aromatic N) is 4. The van der Waals surface area contributed by atoms with Crippen LogP contribution in [-0.4, -0.2) is 82.8 Å². The first kappa shape index (κ1) is 28.2. The molecule has 204 valence electrons. The van der Waals surface area contributed by atoms with Crippen LogP contribution in [0.1, 0.15) is 10.4 Å². The van der Waals surface area contributed by atoms with Gasteiger partial charge in [-0.1, -0.05) is 6.08 Å². The van der Waals surface area contributed by atoms with E-state index in [0.29, 0.717) is 46.5 Å². The Kier molecular flexibility index (Phi) is 8.36. The molecule has 12 heteroatoms. The molecule has 1 unspecified atom stereocenters. The number of hydrogen-bond acceptors (Lipinski definition) is 8. The van der Waals surface area contributed by atoms with Crippen LogP contribution in [0.15, 0.2) is 78.6 Å². The largest absolute Gasteiger partial charge is 0.494 e. The molecule has 0 bridgehead atoms. The molecule has 3 aromatic heterocycles. The van der Waals surface area contributed by atoms with Gasteiger partial charge in [0.2, 0.25) is 0 Å². The number of aromatic hydroxyl groups is 1. The number of aromatic nitrogens is 3. The van der Waals surface area contributed by atoms with Crippen molar-refractivity contribution in [1.82, 2.24) is 24.8 Å². The van der Waals surface area contributed by atoms with Gasteiger partial charge in [-0.25, -0.2) is 8.42 Å². The van der Waals surface area contributed by atoms with E-state index in [1.54, 1.807) is 48.8 Å². The molecule has 1 amide bonds. The Morgan fingerprint density at radius 3 is 2.56 bits per heavy atom. The van der Waals surface area contributed by atoms with Crippen molar-refractivity contribution >= 4 is 44.7 Å². The number of hydrogen-bond donors (Lipinski definition) is 3. The minimum absolute atomic E-state index is 0. The summed E-state index contributed by atoms with van der Waals surface area (Å²) < 4.78 is 26.8. The molecule has 5 rings (SSSR count). The van der Waals surface area contributed by atoms with Gasteiger partial charge in [-0.3, -0.25) is 19.7 Å². The molecule has 0 saturated carbocycles. The van der Waals surface area contributed by atoms with E-state index in [9.17, 15) is 18.3 Å². The topological polar surface area (TPSA) is 132 Å². The third-order valence-electron chi connectivity index (χ3n) is 6.70. The molecule has 0 spiro atoms. The van der Waals surface area contributed by atoms with E-state index in [1.807, 2.05) is 11.9 Å². The highest BCUT2D eigenvalue weighted by molar-refractivity contribution is 7.92. The van der Waals surface area contributed by atoms with Crippen molar-refractivity contribution in [3.05, 3.63) is 79.3 Å². The third kappa shape index (κ3) is 5.66. The number of aromatic amines is 1. The van der Waals surface area contributed by atoms with Gasteiger partial charge in [0.15, 0.2) is 15.7 Å². The Bertz CT molecular complexity index is 1580. The van der Waals surface area contributed by atoms with Crippen molar-refractivity contribution in [2.75, 3.05) is 38.5 Å². The summed E-state index contributed by atoms with van der Waals surface area (Å²) >= 11 is 0. The lowest BCUT2D eigenvalue weighted by Gasteiger charge is -2.36. The summed E-state index contributed by atoms with van der Waals surface area (Å²) in [6, 6.07) is 11.5. The Morgan fingerprint density at radius 1 is 1.15 bits per heavy atom. The fraction of sp³-hybridized carbons (Fsp3) is 0.222. The van der Waals surface area contributed by atoms with Crippen molar-refractivity contribution in [2.45, 2.75) is 10.3 Å². The van der Waals surface area contributed by atoms with Gasteiger partial charge in [0.05, 0.1) is 28.0 Å². The number of sulfone groups is 1. The fourth-order valence-corrected chi connectivity index (χ4v) is 6.20. The first-order valence-corrected chi connectivity index (χ1v) is 13.6. The number of carbonyl (C=O) groups is 1. The molecule has 4 aromatic rings. The van der Waals surface area contributed by atoms with Crippen LogP contribution in [0.5, 0.6) is 5.88 Å². The molecule has 4 heterocycles. The summed E-state index contributed by atoms with van der Waals surface area (Å²) in [7, 11) is -1.75. The summed E-state index contributed by atoms with van der Waals surface area (Å²) in [6.45, 7) is 6.57. The Balaban J connectivity index is 0.00000353. The van der Waals surface area contributed by atoms with E-state index < -0.39 is 15.2 Å². The molecule has 1 aliphatic rings. The number of fused-ring (bicyclic) bond motifs is 1. The number of likely N-dealkylation sites (N-methyl/N-ethyl adjacent to an activating group) is 1. The lowest BCUT2D eigenvalue weighted by atomic mass is 10.1. The van der Waals surface area contributed by atoms with Crippen LogP contribution in [0.3, 0.4) is 0 Å². The van der Waals surface area contributed by atoms with E-state index in [4.69, 9.17) is 0 Å². The van der Waals surface area contributed by atoms with Crippen LogP contribution in [0.25, 0.3) is 22.2 Å². The number of H-pyrrole nitrogens is 1. The number of pyridine rings is 2. The van der Waals surface area contributed by atoms with Crippen molar-refractivity contribution in [3.8, 4) is 17.1 Å². The number of nitrogens with one attached hydrogen (secondary N) is 2. The summed E-state index contributed by atoms with van der Waals surface area (Å²) in [5, 5.41) is 13.2. The lowest BCUT2D eigenvalue weighted by Crippen LogP contribution is -2.50.